The molecule has 1 atom stereocenters. The number of H-pyrrole nitrogens is 1. The topological polar surface area (TPSA) is 85.4 Å². The van der Waals surface area contributed by atoms with Crippen LogP contribution in [0.5, 0.6) is 0 Å². The number of nitrogens with one attached hydrogen (secondary N) is 2. The molecule has 0 radical (unpaired) electrons. The fourth-order valence-corrected chi connectivity index (χ4v) is 3.23. The number of carbonyl (C=O) groups excluding carboxylic acids is 2. The Labute approximate surface area is 140 Å². The van der Waals surface area contributed by atoms with Gasteiger partial charge in [-0.25, -0.2) is 0 Å². The SMILES string of the molecule is CC(=O)N1CCC[C@](O)(C(=O)NCCc2ccc3[nH]ccc3c2)C1. The zero-order chi connectivity index (χ0) is 17.2. The van der Waals surface area contributed by atoms with Gasteiger partial charge in [0.05, 0.1) is 6.54 Å². The first kappa shape index (κ1) is 16.5. The second-order valence-electron chi connectivity index (χ2n) is 6.48. The van der Waals surface area contributed by atoms with Gasteiger partial charge in [-0.1, -0.05) is 6.07 Å². The van der Waals surface area contributed by atoms with Crippen LogP contribution in [0.1, 0.15) is 25.3 Å². The summed E-state index contributed by atoms with van der Waals surface area (Å²) < 4.78 is 0. The van der Waals surface area contributed by atoms with Gasteiger partial charge in [0.1, 0.15) is 0 Å². The normalized spacial score (nSPS) is 21.0. The van der Waals surface area contributed by atoms with Crippen LogP contribution in [0.25, 0.3) is 10.9 Å². The Morgan fingerprint density at radius 3 is 3.00 bits per heavy atom. The van der Waals surface area contributed by atoms with E-state index in [1.807, 2.05) is 24.4 Å². The lowest BCUT2D eigenvalue weighted by Gasteiger charge is -2.37. The summed E-state index contributed by atoms with van der Waals surface area (Å²) in [4.78, 5) is 28.5. The number of piperidine rings is 1. The maximum Gasteiger partial charge on any atom is 0.253 e. The number of nitrogens with zero attached hydrogens (tertiary/aromatic N) is 1. The first-order valence-electron chi connectivity index (χ1n) is 8.30. The van der Waals surface area contributed by atoms with E-state index in [1.54, 1.807) is 0 Å². The monoisotopic (exact) mass is 329 g/mol. The second kappa shape index (κ2) is 6.65. The Bertz CT molecular complexity index is 755. The molecule has 0 bridgehead atoms. The number of likely N-dealkylation sites (tertiary alicyclic amines) is 1. The lowest BCUT2D eigenvalue weighted by atomic mass is 9.91. The van der Waals surface area contributed by atoms with Crippen molar-refractivity contribution in [1.82, 2.24) is 15.2 Å². The van der Waals surface area contributed by atoms with E-state index in [4.69, 9.17) is 0 Å². The fourth-order valence-electron chi connectivity index (χ4n) is 3.23. The quantitative estimate of drug-likeness (QED) is 0.788. The first-order valence-corrected chi connectivity index (χ1v) is 8.30. The second-order valence-corrected chi connectivity index (χ2v) is 6.48. The molecule has 1 aromatic carbocycles. The standard InChI is InChI=1S/C18H23N3O3/c1-13(22)21-10-2-7-18(24,12-21)17(23)20-8-5-14-3-4-16-15(11-14)6-9-19-16/h3-4,6,9,11,19,24H,2,5,7-8,10,12H2,1H3,(H,20,23)/t18-/m1/s1. The fraction of sp³-hybridized carbons (Fsp3) is 0.444. The van der Waals surface area contributed by atoms with E-state index in [0.29, 0.717) is 32.4 Å². The molecule has 6 heteroatoms. The van der Waals surface area contributed by atoms with Gasteiger partial charge in [0, 0.05) is 31.7 Å². The van der Waals surface area contributed by atoms with Crippen LogP contribution in [0.4, 0.5) is 0 Å². The summed E-state index contributed by atoms with van der Waals surface area (Å²) in [5.74, 6) is -0.503. The molecule has 2 heterocycles. The number of aromatic nitrogens is 1. The molecule has 2 amide bonds. The highest BCUT2D eigenvalue weighted by molar-refractivity contribution is 5.86. The van der Waals surface area contributed by atoms with Crippen LogP contribution in [0.3, 0.4) is 0 Å². The molecule has 1 aromatic heterocycles. The highest BCUT2D eigenvalue weighted by Crippen LogP contribution is 2.21. The van der Waals surface area contributed by atoms with Gasteiger partial charge in [-0.05, 0) is 48.4 Å². The minimum Gasteiger partial charge on any atom is -0.378 e. The van der Waals surface area contributed by atoms with E-state index < -0.39 is 11.5 Å². The van der Waals surface area contributed by atoms with Gasteiger partial charge < -0.3 is 20.3 Å². The molecule has 1 fully saturated rings. The summed E-state index contributed by atoms with van der Waals surface area (Å²) in [5, 5.41) is 14.5. The Kier molecular flexibility index (Phi) is 4.57. The number of rotatable bonds is 4. The lowest BCUT2D eigenvalue weighted by Crippen LogP contribution is -2.58. The Hall–Kier alpha value is -2.34. The minimum atomic E-state index is -1.48. The molecule has 1 saturated heterocycles. The molecule has 0 spiro atoms. The third-order valence-electron chi connectivity index (χ3n) is 4.66. The summed E-state index contributed by atoms with van der Waals surface area (Å²) in [7, 11) is 0. The van der Waals surface area contributed by atoms with Crippen LogP contribution in [0.15, 0.2) is 30.5 Å². The van der Waals surface area contributed by atoms with Crippen molar-refractivity contribution in [3.63, 3.8) is 0 Å². The van der Waals surface area contributed by atoms with Crippen LogP contribution >= 0.6 is 0 Å². The number of carbonyl (C=O) groups is 2. The average Bonchev–Trinajstić information content (AvgIpc) is 3.02. The van der Waals surface area contributed by atoms with Crippen molar-refractivity contribution in [2.75, 3.05) is 19.6 Å². The lowest BCUT2D eigenvalue weighted by molar-refractivity contribution is -0.150. The molecule has 3 N–H and O–H groups in total. The summed E-state index contributed by atoms with van der Waals surface area (Å²) in [6.45, 7) is 2.59. The number of benzene rings is 1. The number of hydrogen-bond donors (Lipinski definition) is 3. The van der Waals surface area contributed by atoms with Crippen molar-refractivity contribution in [3.8, 4) is 0 Å². The first-order chi connectivity index (χ1) is 11.5. The summed E-state index contributed by atoms with van der Waals surface area (Å²) in [6.07, 6.45) is 3.61. The van der Waals surface area contributed by atoms with E-state index in [9.17, 15) is 14.7 Å². The predicted octanol–water partition coefficient (Wildman–Crippen LogP) is 1.20. The maximum atomic E-state index is 12.3. The van der Waals surface area contributed by atoms with E-state index in [-0.39, 0.29) is 12.5 Å². The van der Waals surface area contributed by atoms with E-state index in [0.717, 1.165) is 16.5 Å². The average molecular weight is 329 g/mol. The highest BCUT2D eigenvalue weighted by atomic mass is 16.3. The summed E-state index contributed by atoms with van der Waals surface area (Å²) in [5.41, 5.74) is 0.737. The largest absolute Gasteiger partial charge is 0.378 e. The third kappa shape index (κ3) is 3.43. The highest BCUT2D eigenvalue weighted by Gasteiger charge is 2.40. The van der Waals surface area contributed by atoms with Crippen molar-refractivity contribution in [3.05, 3.63) is 36.0 Å². The summed E-state index contributed by atoms with van der Waals surface area (Å²) >= 11 is 0. The molecule has 0 saturated carbocycles. The predicted molar refractivity (Wildman–Crippen MR) is 91.5 cm³/mol. The van der Waals surface area contributed by atoms with E-state index >= 15 is 0 Å². The van der Waals surface area contributed by atoms with Crippen molar-refractivity contribution < 1.29 is 14.7 Å². The molecule has 3 rings (SSSR count). The van der Waals surface area contributed by atoms with Crippen LogP contribution in [0, 0.1) is 0 Å². The Balaban J connectivity index is 1.55. The van der Waals surface area contributed by atoms with Gasteiger partial charge in [-0.15, -0.1) is 0 Å². The van der Waals surface area contributed by atoms with Gasteiger partial charge in [-0.2, -0.15) is 0 Å². The molecule has 6 nitrogen and oxygen atoms in total. The number of aliphatic hydroxyl groups is 1. The smallest absolute Gasteiger partial charge is 0.253 e. The van der Waals surface area contributed by atoms with Gasteiger partial charge in [-0.3, -0.25) is 9.59 Å². The van der Waals surface area contributed by atoms with Gasteiger partial charge in [0.15, 0.2) is 5.60 Å². The van der Waals surface area contributed by atoms with E-state index in [1.165, 1.54) is 11.8 Å². The van der Waals surface area contributed by atoms with Crippen molar-refractivity contribution in [2.24, 2.45) is 0 Å². The van der Waals surface area contributed by atoms with Crippen molar-refractivity contribution in [2.45, 2.75) is 31.8 Å². The third-order valence-corrected chi connectivity index (χ3v) is 4.66. The molecule has 0 unspecified atom stereocenters. The van der Waals surface area contributed by atoms with Crippen LogP contribution in [-0.4, -0.2) is 52.0 Å². The number of aromatic amines is 1. The molecule has 24 heavy (non-hydrogen) atoms. The Morgan fingerprint density at radius 1 is 1.38 bits per heavy atom. The van der Waals surface area contributed by atoms with Crippen molar-refractivity contribution >= 4 is 22.7 Å². The van der Waals surface area contributed by atoms with Crippen LogP contribution in [-0.2, 0) is 16.0 Å². The number of β-amino-alcohol motifs (C(OH)–C–C–N with tert-alkyl or cyclic N) is 1. The number of hydrogen-bond acceptors (Lipinski definition) is 3. The number of amides is 2. The zero-order valence-electron chi connectivity index (χ0n) is 13.8. The van der Waals surface area contributed by atoms with Crippen molar-refractivity contribution in [1.29, 1.82) is 0 Å². The molecule has 1 aliphatic heterocycles. The van der Waals surface area contributed by atoms with Gasteiger partial charge in [0.2, 0.25) is 5.91 Å². The van der Waals surface area contributed by atoms with E-state index in [2.05, 4.69) is 16.4 Å². The number of fused-ring (bicyclic) bond motifs is 1. The van der Waals surface area contributed by atoms with Crippen LogP contribution < -0.4 is 5.32 Å². The Morgan fingerprint density at radius 2 is 2.21 bits per heavy atom. The van der Waals surface area contributed by atoms with Gasteiger partial charge >= 0.3 is 0 Å². The molecule has 1 aliphatic rings. The molecule has 0 aliphatic carbocycles. The minimum absolute atomic E-state index is 0.0729. The molecular formula is C18H23N3O3. The summed E-state index contributed by atoms with van der Waals surface area (Å²) in [6, 6.07) is 8.15. The van der Waals surface area contributed by atoms with Crippen LogP contribution in [0.2, 0.25) is 0 Å². The molecule has 2 aromatic rings. The maximum absolute atomic E-state index is 12.3. The van der Waals surface area contributed by atoms with Gasteiger partial charge in [0.25, 0.3) is 5.91 Å². The molecular weight excluding hydrogens is 306 g/mol. The zero-order valence-corrected chi connectivity index (χ0v) is 13.8. The molecule has 128 valence electrons.